The van der Waals surface area contributed by atoms with E-state index in [2.05, 4.69) is 5.32 Å². The highest BCUT2D eigenvalue weighted by molar-refractivity contribution is 5.81. The van der Waals surface area contributed by atoms with E-state index < -0.39 is 0 Å². The van der Waals surface area contributed by atoms with E-state index in [1.807, 2.05) is 34.1 Å². The second kappa shape index (κ2) is 10.5. The molecule has 3 amide bonds. The summed E-state index contributed by atoms with van der Waals surface area (Å²) in [6.45, 7) is 3.72. The maximum Gasteiger partial charge on any atom is 0.225 e. The van der Waals surface area contributed by atoms with E-state index in [1.165, 1.54) is 0 Å². The first kappa shape index (κ1) is 22.1. The standard InChI is InChI=1S/C23H33N3O4/c1-17(27)26-15-4-14-25(16-13-24-23(29)20-5-3-6-21(20)26)22(28)12-9-18-7-10-19(30-2)11-8-18/h7-8,10-11,20-21H,3-6,9,12-16H2,1-2H3,(H,24,29)/t20-,21+/m1/s1. The van der Waals surface area contributed by atoms with Crippen molar-refractivity contribution in [2.75, 3.05) is 33.3 Å². The highest BCUT2D eigenvalue weighted by Gasteiger charge is 2.38. The van der Waals surface area contributed by atoms with Crippen LogP contribution in [0.1, 0.15) is 44.6 Å². The van der Waals surface area contributed by atoms with Gasteiger partial charge in [-0.25, -0.2) is 0 Å². The third-order valence-electron chi connectivity index (χ3n) is 6.27. The smallest absolute Gasteiger partial charge is 0.225 e. The Labute approximate surface area is 178 Å². The summed E-state index contributed by atoms with van der Waals surface area (Å²) in [4.78, 5) is 41.4. The number of hydrogen-bond donors (Lipinski definition) is 1. The number of fused-ring (bicyclic) bond motifs is 1. The van der Waals surface area contributed by atoms with Crippen molar-refractivity contribution in [2.45, 2.75) is 51.5 Å². The van der Waals surface area contributed by atoms with Gasteiger partial charge in [0, 0.05) is 45.6 Å². The van der Waals surface area contributed by atoms with Crippen LogP contribution < -0.4 is 10.1 Å². The number of nitrogens with one attached hydrogen (secondary N) is 1. The topological polar surface area (TPSA) is 79.0 Å². The minimum atomic E-state index is -0.133. The fraction of sp³-hybridized carbons (Fsp3) is 0.609. The molecule has 164 valence electrons. The lowest BCUT2D eigenvalue weighted by molar-refractivity contribution is -0.134. The lowest BCUT2D eigenvalue weighted by Gasteiger charge is -2.31. The molecule has 0 unspecified atom stereocenters. The van der Waals surface area contributed by atoms with Gasteiger partial charge in [0.25, 0.3) is 0 Å². The largest absolute Gasteiger partial charge is 0.497 e. The van der Waals surface area contributed by atoms with Gasteiger partial charge in [-0.15, -0.1) is 0 Å². The van der Waals surface area contributed by atoms with Crippen molar-refractivity contribution in [3.05, 3.63) is 29.8 Å². The van der Waals surface area contributed by atoms with Crippen molar-refractivity contribution in [3.63, 3.8) is 0 Å². The van der Waals surface area contributed by atoms with Gasteiger partial charge in [-0.05, 0) is 43.4 Å². The molecule has 0 spiro atoms. The summed E-state index contributed by atoms with van der Waals surface area (Å²) >= 11 is 0. The number of methoxy groups -OCH3 is 1. The van der Waals surface area contributed by atoms with Gasteiger partial charge >= 0.3 is 0 Å². The van der Waals surface area contributed by atoms with Gasteiger partial charge in [0.15, 0.2) is 0 Å². The van der Waals surface area contributed by atoms with Gasteiger partial charge in [-0.2, -0.15) is 0 Å². The summed E-state index contributed by atoms with van der Waals surface area (Å²) in [6.07, 6.45) is 4.48. The molecule has 7 nitrogen and oxygen atoms in total. The normalized spacial score (nSPS) is 22.7. The van der Waals surface area contributed by atoms with Crippen LogP contribution >= 0.6 is 0 Å². The number of carbonyl (C=O) groups excluding carboxylic acids is 3. The number of rotatable bonds is 4. The Balaban J connectivity index is 1.61. The van der Waals surface area contributed by atoms with Gasteiger partial charge in [-0.1, -0.05) is 18.6 Å². The van der Waals surface area contributed by atoms with Crippen LogP contribution in [0.3, 0.4) is 0 Å². The van der Waals surface area contributed by atoms with Crippen molar-refractivity contribution in [1.82, 2.24) is 15.1 Å². The first-order chi connectivity index (χ1) is 14.5. The molecule has 30 heavy (non-hydrogen) atoms. The minimum Gasteiger partial charge on any atom is -0.497 e. The number of aryl methyl sites for hydroxylation is 1. The Kier molecular flexibility index (Phi) is 7.71. The monoisotopic (exact) mass is 415 g/mol. The number of benzene rings is 1. The summed E-state index contributed by atoms with van der Waals surface area (Å²) in [7, 11) is 1.63. The number of hydrogen-bond acceptors (Lipinski definition) is 4. The van der Waals surface area contributed by atoms with Crippen LogP contribution in [-0.2, 0) is 20.8 Å². The number of amides is 3. The molecule has 1 saturated heterocycles. The number of carbonyl (C=O) groups is 3. The van der Waals surface area contributed by atoms with Gasteiger partial charge in [-0.3, -0.25) is 14.4 Å². The second-order valence-electron chi connectivity index (χ2n) is 8.19. The van der Waals surface area contributed by atoms with Crippen LogP contribution in [0.2, 0.25) is 0 Å². The molecule has 2 fully saturated rings. The molecular formula is C23H33N3O4. The zero-order chi connectivity index (χ0) is 21.5. The van der Waals surface area contributed by atoms with E-state index in [0.717, 1.165) is 37.0 Å². The maximum absolute atomic E-state index is 12.8. The zero-order valence-electron chi connectivity index (χ0n) is 18.1. The lowest BCUT2D eigenvalue weighted by Crippen LogP contribution is -2.46. The molecule has 1 N–H and O–H groups in total. The second-order valence-corrected chi connectivity index (χ2v) is 8.19. The molecule has 1 heterocycles. The molecular weight excluding hydrogens is 382 g/mol. The van der Waals surface area contributed by atoms with Gasteiger partial charge < -0.3 is 19.9 Å². The molecule has 2 aliphatic rings. The van der Waals surface area contributed by atoms with E-state index in [0.29, 0.717) is 39.0 Å². The summed E-state index contributed by atoms with van der Waals surface area (Å²) < 4.78 is 5.17. The van der Waals surface area contributed by atoms with Crippen LogP contribution in [0.15, 0.2) is 24.3 Å². The van der Waals surface area contributed by atoms with E-state index in [4.69, 9.17) is 4.74 Å². The van der Waals surface area contributed by atoms with Gasteiger partial charge in [0.1, 0.15) is 5.75 Å². The molecule has 0 aromatic heterocycles. The highest BCUT2D eigenvalue weighted by Crippen LogP contribution is 2.30. The summed E-state index contributed by atoms with van der Waals surface area (Å²) in [5.74, 6) is 0.764. The zero-order valence-corrected chi connectivity index (χ0v) is 18.1. The van der Waals surface area contributed by atoms with E-state index >= 15 is 0 Å². The molecule has 3 rings (SSSR count). The SMILES string of the molecule is COc1ccc(CCC(=O)N2CCCN(C(C)=O)[C@H]3CCC[C@H]3C(=O)NCC2)cc1. The van der Waals surface area contributed by atoms with E-state index in [-0.39, 0.29) is 29.7 Å². The molecule has 7 heteroatoms. The van der Waals surface area contributed by atoms with Crippen LogP contribution in [0.25, 0.3) is 0 Å². The highest BCUT2D eigenvalue weighted by atomic mass is 16.5. The average Bonchev–Trinajstić information content (AvgIpc) is 3.22. The third kappa shape index (κ3) is 5.52. The Morgan fingerprint density at radius 3 is 2.57 bits per heavy atom. The van der Waals surface area contributed by atoms with E-state index in [1.54, 1.807) is 14.0 Å². The minimum absolute atomic E-state index is 0.0104. The molecule has 1 saturated carbocycles. The number of nitrogens with zero attached hydrogens (tertiary/aromatic N) is 2. The third-order valence-corrected chi connectivity index (χ3v) is 6.27. The predicted octanol–water partition coefficient (Wildman–Crippen LogP) is 1.99. The van der Waals surface area contributed by atoms with Crippen molar-refractivity contribution in [2.24, 2.45) is 5.92 Å². The number of ether oxygens (including phenoxy) is 1. The van der Waals surface area contributed by atoms with E-state index in [9.17, 15) is 14.4 Å². The average molecular weight is 416 g/mol. The lowest BCUT2D eigenvalue weighted by atomic mass is 10.0. The van der Waals surface area contributed by atoms with Gasteiger partial charge in [0.2, 0.25) is 17.7 Å². The molecule has 0 bridgehead atoms. The fourth-order valence-electron chi connectivity index (χ4n) is 4.62. The van der Waals surface area contributed by atoms with Crippen LogP contribution in [0.4, 0.5) is 0 Å². The predicted molar refractivity (Wildman–Crippen MR) is 114 cm³/mol. The van der Waals surface area contributed by atoms with Crippen LogP contribution in [-0.4, -0.2) is 66.9 Å². The van der Waals surface area contributed by atoms with Gasteiger partial charge in [0.05, 0.1) is 13.0 Å². The van der Waals surface area contributed by atoms with Crippen molar-refractivity contribution in [3.8, 4) is 5.75 Å². The first-order valence-corrected chi connectivity index (χ1v) is 10.9. The van der Waals surface area contributed by atoms with Crippen LogP contribution in [0, 0.1) is 5.92 Å². The maximum atomic E-state index is 12.8. The fourth-order valence-corrected chi connectivity index (χ4v) is 4.62. The molecule has 0 radical (unpaired) electrons. The Hall–Kier alpha value is -2.57. The Bertz CT molecular complexity index is 749. The summed E-state index contributed by atoms with van der Waals surface area (Å²) in [6, 6.07) is 7.73. The molecule has 2 atom stereocenters. The molecule has 1 aromatic carbocycles. The molecule has 1 aromatic rings. The Morgan fingerprint density at radius 1 is 1.10 bits per heavy atom. The van der Waals surface area contributed by atoms with Crippen molar-refractivity contribution >= 4 is 17.7 Å². The molecule has 1 aliphatic carbocycles. The summed E-state index contributed by atoms with van der Waals surface area (Å²) in [5.41, 5.74) is 1.09. The summed E-state index contributed by atoms with van der Waals surface area (Å²) in [5, 5.41) is 3.00. The quantitative estimate of drug-likeness (QED) is 0.816. The van der Waals surface area contributed by atoms with Crippen molar-refractivity contribution in [1.29, 1.82) is 0 Å². The first-order valence-electron chi connectivity index (χ1n) is 10.9. The molecule has 1 aliphatic heterocycles. The van der Waals surface area contributed by atoms with Crippen molar-refractivity contribution < 1.29 is 19.1 Å². The van der Waals surface area contributed by atoms with Crippen LogP contribution in [0.5, 0.6) is 5.75 Å². The Morgan fingerprint density at radius 2 is 1.87 bits per heavy atom.